The highest BCUT2D eigenvalue weighted by atomic mass is 16.7. The summed E-state index contributed by atoms with van der Waals surface area (Å²) in [5, 5.41) is 0.911. The van der Waals surface area contributed by atoms with Crippen molar-refractivity contribution in [3.8, 4) is 0 Å². The van der Waals surface area contributed by atoms with Crippen LogP contribution in [0.1, 0.15) is 59.3 Å². The summed E-state index contributed by atoms with van der Waals surface area (Å²) < 4.78 is 5.06. The Bertz CT molecular complexity index is 315. The van der Waals surface area contributed by atoms with Gasteiger partial charge in [-0.2, -0.15) is 0 Å². The van der Waals surface area contributed by atoms with Crippen LogP contribution in [0.4, 0.5) is 4.79 Å². The molecule has 0 rings (SSSR count). The molecule has 0 aliphatic carbocycles. The molecule has 116 valence electrons. The molecule has 0 atom stereocenters. The lowest BCUT2D eigenvalue weighted by Crippen LogP contribution is -2.34. The first kappa shape index (κ1) is 18.5. The summed E-state index contributed by atoms with van der Waals surface area (Å²) in [6, 6.07) is 0. The van der Waals surface area contributed by atoms with Crippen LogP contribution in [0.15, 0.2) is 12.2 Å². The highest BCUT2D eigenvalue weighted by Gasteiger charge is 2.18. The number of carbonyl (C=O) groups is 2. The number of rotatable bonds is 9. The van der Waals surface area contributed by atoms with Crippen LogP contribution < -0.4 is 0 Å². The van der Waals surface area contributed by atoms with Crippen molar-refractivity contribution in [3.63, 3.8) is 0 Å². The van der Waals surface area contributed by atoms with Gasteiger partial charge in [0, 0.05) is 5.57 Å². The molecule has 0 aromatic heterocycles. The van der Waals surface area contributed by atoms with E-state index in [0.717, 1.165) is 24.3 Å². The molecule has 0 heterocycles. The molecule has 0 aliphatic rings. The zero-order valence-electron chi connectivity index (χ0n) is 12.9. The molecule has 0 unspecified atom stereocenters. The molecule has 0 fully saturated rings. The van der Waals surface area contributed by atoms with E-state index >= 15 is 0 Å². The Kier molecular flexibility index (Phi) is 10.5. The predicted molar refractivity (Wildman–Crippen MR) is 78.0 cm³/mol. The molecule has 0 radical (unpaired) electrons. The number of nitrogens with zero attached hydrogens (tertiary/aromatic N) is 1. The van der Waals surface area contributed by atoms with E-state index in [1.165, 1.54) is 26.2 Å². The van der Waals surface area contributed by atoms with Gasteiger partial charge >= 0.3 is 12.1 Å². The molecule has 0 saturated carbocycles. The van der Waals surface area contributed by atoms with E-state index in [2.05, 4.69) is 13.5 Å². The second-order valence-corrected chi connectivity index (χ2v) is 4.74. The highest BCUT2D eigenvalue weighted by Crippen LogP contribution is 2.06. The van der Waals surface area contributed by atoms with Crippen LogP contribution in [0.25, 0.3) is 0 Å². The van der Waals surface area contributed by atoms with Gasteiger partial charge in [0.2, 0.25) is 0 Å². The lowest BCUT2D eigenvalue weighted by atomic mass is 10.1. The number of unbranched alkanes of at least 4 members (excludes halogenated alkanes) is 5. The van der Waals surface area contributed by atoms with Gasteiger partial charge in [-0.05, 0) is 20.3 Å². The number of amides is 1. The van der Waals surface area contributed by atoms with Crippen molar-refractivity contribution >= 4 is 12.1 Å². The Morgan fingerprint density at radius 2 is 1.65 bits per heavy atom. The van der Waals surface area contributed by atoms with Gasteiger partial charge in [-0.1, -0.05) is 45.6 Å². The van der Waals surface area contributed by atoms with Gasteiger partial charge in [-0.25, -0.2) is 9.59 Å². The van der Waals surface area contributed by atoms with Crippen molar-refractivity contribution in [3.05, 3.63) is 12.2 Å². The average molecular weight is 285 g/mol. The summed E-state index contributed by atoms with van der Waals surface area (Å²) in [5.74, 6) is -0.622. The fraction of sp³-hybridized carbons (Fsp3) is 0.733. The average Bonchev–Trinajstić information content (AvgIpc) is 2.43. The monoisotopic (exact) mass is 285 g/mol. The smallest absolute Gasteiger partial charge is 0.443 e. The Morgan fingerprint density at radius 1 is 1.05 bits per heavy atom. The second-order valence-electron chi connectivity index (χ2n) is 4.74. The maximum atomic E-state index is 11.7. The van der Waals surface area contributed by atoms with E-state index in [1.807, 2.05) is 0 Å². The topological polar surface area (TPSA) is 55.8 Å². The molecule has 5 heteroatoms. The molecule has 0 aromatic carbocycles. The Balaban J connectivity index is 3.82. The zero-order chi connectivity index (χ0) is 15.4. The largest absolute Gasteiger partial charge is 0.447 e. The standard InChI is InChI=1S/C15H27NO4/c1-5-7-8-9-10-11-12-19-15(18)16(6-2)20-14(17)13(3)4/h3,5-12H2,1-2,4H3. The van der Waals surface area contributed by atoms with E-state index in [0.29, 0.717) is 6.61 Å². The van der Waals surface area contributed by atoms with Crippen molar-refractivity contribution in [2.75, 3.05) is 13.2 Å². The SMILES string of the molecule is C=C(C)C(=O)ON(CC)C(=O)OCCCCCCCC. The van der Waals surface area contributed by atoms with Crippen molar-refractivity contribution in [2.45, 2.75) is 59.3 Å². The summed E-state index contributed by atoms with van der Waals surface area (Å²) in [6.07, 6.45) is 6.10. The molecule has 0 saturated heterocycles. The second kappa shape index (κ2) is 11.3. The van der Waals surface area contributed by atoms with Crippen LogP contribution in [0.2, 0.25) is 0 Å². The van der Waals surface area contributed by atoms with Gasteiger partial charge in [0.25, 0.3) is 0 Å². The first-order valence-electron chi connectivity index (χ1n) is 7.35. The summed E-state index contributed by atoms with van der Waals surface area (Å²) >= 11 is 0. The van der Waals surface area contributed by atoms with E-state index < -0.39 is 12.1 Å². The normalized spacial score (nSPS) is 9.95. The molecular formula is C15H27NO4. The molecule has 0 bridgehead atoms. The number of hydroxylamine groups is 2. The van der Waals surface area contributed by atoms with Crippen LogP contribution in [-0.2, 0) is 14.4 Å². The van der Waals surface area contributed by atoms with E-state index in [-0.39, 0.29) is 12.1 Å². The quantitative estimate of drug-likeness (QED) is 0.367. The Labute approximate surface area is 121 Å². The molecule has 0 aromatic rings. The fourth-order valence-corrected chi connectivity index (χ4v) is 1.52. The summed E-state index contributed by atoms with van der Waals surface area (Å²) in [7, 11) is 0. The van der Waals surface area contributed by atoms with Gasteiger partial charge in [0.1, 0.15) is 0 Å². The third-order valence-corrected chi connectivity index (χ3v) is 2.76. The first-order valence-corrected chi connectivity index (χ1v) is 7.35. The Morgan fingerprint density at radius 3 is 2.20 bits per heavy atom. The van der Waals surface area contributed by atoms with Crippen LogP contribution in [-0.4, -0.2) is 30.3 Å². The third-order valence-electron chi connectivity index (χ3n) is 2.76. The molecule has 0 N–H and O–H groups in total. The Hall–Kier alpha value is -1.52. The minimum Gasteiger partial charge on any atom is -0.447 e. The molecule has 0 spiro atoms. The summed E-state index contributed by atoms with van der Waals surface area (Å²) in [6.45, 7) is 9.46. The minimum atomic E-state index is -0.629. The van der Waals surface area contributed by atoms with Gasteiger partial charge in [0.05, 0.1) is 13.2 Å². The third kappa shape index (κ3) is 8.56. The van der Waals surface area contributed by atoms with Gasteiger partial charge in [-0.15, -0.1) is 5.06 Å². The number of hydrogen-bond acceptors (Lipinski definition) is 4. The van der Waals surface area contributed by atoms with Crippen LogP contribution in [0, 0.1) is 0 Å². The molecule has 1 amide bonds. The molecule has 20 heavy (non-hydrogen) atoms. The van der Waals surface area contributed by atoms with Crippen LogP contribution in [0.3, 0.4) is 0 Å². The van der Waals surface area contributed by atoms with E-state index in [4.69, 9.17) is 9.57 Å². The van der Waals surface area contributed by atoms with Crippen molar-refractivity contribution in [2.24, 2.45) is 0 Å². The first-order chi connectivity index (χ1) is 9.52. The molecule has 5 nitrogen and oxygen atoms in total. The number of hydrogen-bond donors (Lipinski definition) is 0. The number of ether oxygens (including phenoxy) is 1. The van der Waals surface area contributed by atoms with Crippen molar-refractivity contribution in [1.82, 2.24) is 5.06 Å². The molecular weight excluding hydrogens is 258 g/mol. The highest BCUT2D eigenvalue weighted by molar-refractivity contribution is 5.87. The maximum Gasteiger partial charge on any atom is 0.443 e. The lowest BCUT2D eigenvalue weighted by Gasteiger charge is -2.18. The van der Waals surface area contributed by atoms with Gasteiger partial charge in [-0.3, -0.25) is 0 Å². The minimum absolute atomic E-state index is 0.243. The summed E-state index contributed by atoms with van der Waals surface area (Å²) in [5.41, 5.74) is 0.243. The zero-order valence-corrected chi connectivity index (χ0v) is 12.9. The van der Waals surface area contributed by atoms with Crippen molar-refractivity contribution < 1.29 is 19.2 Å². The lowest BCUT2D eigenvalue weighted by molar-refractivity contribution is -0.175. The van der Waals surface area contributed by atoms with Gasteiger partial charge < -0.3 is 9.57 Å². The summed E-state index contributed by atoms with van der Waals surface area (Å²) in [4.78, 5) is 27.8. The fourth-order valence-electron chi connectivity index (χ4n) is 1.52. The predicted octanol–water partition coefficient (Wildman–Crippen LogP) is 3.84. The molecule has 0 aliphatic heterocycles. The van der Waals surface area contributed by atoms with Crippen LogP contribution >= 0.6 is 0 Å². The van der Waals surface area contributed by atoms with Crippen molar-refractivity contribution in [1.29, 1.82) is 0 Å². The van der Waals surface area contributed by atoms with E-state index in [9.17, 15) is 9.59 Å². The number of carbonyl (C=O) groups excluding carboxylic acids is 2. The van der Waals surface area contributed by atoms with E-state index in [1.54, 1.807) is 6.92 Å². The van der Waals surface area contributed by atoms with Gasteiger partial charge in [0.15, 0.2) is 0 Å². The maximum absolute atomic E-state index is 11.7. The van der Waals surface area contributed by atoms with Crippen LogP contribution in [0.5, 0.6) is 0 Å².